The lowest BCUT2D eigenvalue weighted by Gasteiger charge is -2.29. The van der Waals surface area contributed by atoms with Gasteiger partial charge in [0.25, 0.3) is 0 Å². The molecule has 0 aromatic heterocycles. The monoisotopic (exact) mass is 334 g/mol. The van der Waals surface area contributed by atoms with Crippen molar-refractivity contribution in [2.75, 3.05) is 30.6 Å². The molecule has 1 aromatic carbocycles. The van der Waals surface area contributed by atoms with Gasteiger partial charge in [-0.3, -0.25) is 0 Å². The lowest BCUT2D eigenvalue weighted by Crippen LogP contribution is -2.35. The zero-order valence-corrected chi connectivity index (χ0v) is 11.9. The molecule has 1 heterocycles. The van der Waals surface area contributed by atoms with Crippen LogP contribution >= 0.6 is 28.1 Å². The van der Waals surface area contributed by atoms with Gasteiger partial charge in [0.1, 0.15) is 0 Å². The van der Waals surface area contributed by atoms with E-state index in [4.69, 9.17) is 4.74 Å². The number of ether oxygens (including phenoxy) is 1. The quantitative estimate of drug-likeness (QED) is 0.482. The van der Waals surface area contributed by atoms with Gasteiger partial charge in [0.05, 0.1) is 18.9 Å². The van der Waals surface area contributed by atoms with E-state index in [1.807, 2.05) is 4.31 Å². The molecule has 98 valence electrons. The molecule has 0 radical (unpaired) electrons. The number of hydrogen-bond acceptors (Lipinski definition) is 4. The SMILES string of the molecule is O=C(F)N(SN1CCOCC1)c1ccc(Br)cc1. The molecule has 1 aliphatic rings. The number of carbonyl (C=O) groups is 1. The van der Waals surface area contributed by atoms with Crippen LogP contribution in [0.1, 0.15) is 0 Å². The van der Waals surface area contributed by atoms with E-state index in [0.717, 1.165) is 20.9 Å². The molecule has 0 spiro atoms. The summed E-state index contributed by atoms with van der Waals surface area (Å²) in [4.78, 5) is 11.1. The molecular formula is C11H12BrFN2O2S. The van der Waals surface area contributed by atoms with Gasteiger partial charge in [0.15, 0.2) is 0 Å². The van der Waals surface area contributed by atoms with E-state index in [1.54, 1.807) is 24.3 Å². The maximum Gasteiger partial charge on any atom is 0.415 e. The smallest absolute Gasteiger partial charge is 0.379 e. The van der Waals surface area contributed by atoms with Crippen LogP contribution in [0, 0.1) is 0 Å². The molecule has 18 heavy (non-hydrogen) atoms. The lowest BCUT2D eigenvalue weighted by atomic mass is 10.3. The normalized spacial score (nSPS) is 16.6. The topological polar surface area (TPSA) is 32.8 Å². The van der Waals surface area contributed by atoms with Crippen LogP contribution in [0.15, 0.2) is 28.7 Å². The molecule has 2 rings (SSSR count). The van der Waals surface area contributed by atoms with Crippen LogP contribution in [0.3, 0.4) is 0 Å². The second kappa shape index (κ2) is 6.51. The molecular weight excluding hydrogens is 323 g/mol. The third-order valence-electron chi connectivity index (χ3n) is 2.39. The molecule has 0 atom stereocenters. The van der Waals surface area contributed by atoms with Crippen LogP contribution in [0.5, 0.6) is 0 Å². The maximum absolute atomic E-state index is 13.1. The highest BCUT2D eigenvalue weighted by molar-refractivity contribution is 9.10. The van der Waals surface area contributed by atoms with E-state index in [1.165, 1.54) is 0 Å². The minimum atomic E-state index is -1.48. The van der Waals surface area contributed by atoms with E-state index in [0.29, 0.717) is 32.0 Å². The zero-order chi connectivity index (χ0) is 13.0. The Morgan fingerprint density at radius 2 is 1.94 bits per heavy atom. The molecule has 0 saturated carbocycles. The van der Waals surface area contributed by atoms with Crippen LogP contribution in [0.4, 0.5) is 14.9 Å². The van der Waals surface area contributed by atoms with Crippen molar-refractivity contribution in [1.82, 2.24) is 4.31 Å². The summed E-state index contributed by atoms with van der Waals surface area (Å²) in [6, 6.07) is 6.92. The Bertz CT molecular complexity index is 412. The van der Waals surface area contributed by atoms with Crippen molar-refractivity contribution in [2.45, 2.75) is 0 Å². The summed E-state index contributed by atoms with van der Waals surface area (Å²) in [6.45, 7) is 2.54. The van der Waals surface area contributed by atoms with Crippen molar-refractivity contribution in [3.63, 3.8) is 0 Å². The van der Waals surface area contributed by atoms with Crippen LogP contribution in [0.25, 0.3) is 0 Å². The second-order valence-electron chi connectivity index (χ2n) is 3.65. The van der Waals surface area contributed by atoms with Gasteiger partial charge >= 0.3 is 6.16 Å². The summed E-state index contributed by atoms with van der Waals surface area (Å²) in [5, 5.41) is 0. The minimum absolute atomic E-state index is 0.516. The average molecular weight is 335 g/mol. The summed E-state index contributed by atoms with van der Waals surface area (Å²) in [6.07, 6.45) is -1.48. The van der Waals surface area contributed by atoms with Crippen molar-refractivity contribution < 1.29 is 13.9 Å². The van der Waals surface area contributed by atoms with Gasteiger partial charge in [-0.2, -0.15) is 0 Å². The van der Waals surface area contributed by atoms with Gasteiger partial charge in [-0.25, -0.2) is 13.4 Å². The molecule has 4 nitrogen and oxygen atoms in total. The molecule has 0 N–H and O–H groups in total. The first-order valence-electron chi connectivity index (χ1n) is 5.43. The molecule has 1 amide bonds. The summed E-state index contributed by atoms with van der Waals surface area (Å²) in [7, 11) is 0. The molecule has 0 bridgehead atoms. The van der Waals surface area contributed by atoms with Crippen molar-refractivity contribution in [3.05, 3.63) is 28.7 Å². The first kappa shape index (κ1) is 13.8. The van der Waals surface area contributed by atoms with Gasteiger partial charge < -0.3 is 4.74 Å². The number of anilines is 1. The number of benzene rings is 1. The van der Waals surface area contributed by atoms with Crippen LogP contribution in [-0.2, 0) is 4.74 Å². The van der Waals surface area contributed by atoms with Crippen molar-refractivity contribution >= 4 is 39.9 Å². The first-order valence-corrected chi connectivity index (χ1v) is 6.95. The Balaban J connectivity index is 2.07. The predicted octanol–water partition coefficient (Wildman–Crippen LogP) is 3.24. The largest absolute Gasteiger partial charge is 0.415 e. The fourth-order valence-corrected chi connectivity index (χ4v) is 2.59. The van der Waals surface area contributed by atoms with E-state index >= 15 is 0 Å². The van der Waals surface area contributed by atoms with Gasteiger partial charge in [-0.05, 0) is 24.3 Å². The Labute approximate surface area is 117 Å². The Kier molecular flexibility index (Phi) is 4.99. The van der Waals surface area contributed by atoms with Crippen molar-refractivity contribution in [2.24, 2.45) is 0 Å². The molecule has 1 fully saturated rings. The summed E-state index contributed by atoms with van der Waals surface area (Å²) >= 11 is 4.38. The van der Waals surface area contributed by atoms with Gasteiger partial charge in [-0.15, -0.1) is 4.39 Å². The van der Waals surface area contributed by atoms with Crippen LogP contribution < -0.4 is 4.31 Å². The lowest BCUT2D eigenvalue weighted by molar-refractivity contribution is 0.0772. The fraction of sp³-hybridized carbons (Fsp3) is 0.364. The van der Waals surface area contributed by atoms with E-state index in [-0.39, 0.29) is 0 Å². The summed E-state index contributed by atoms with van der Waals surface area (Å²) in [5.74, 6) is 0. The zero-order valence-electron chi connectivity index (χ0n) is 9.51. The van der Waals surface area contributed by atoms with Crippen LogP contribution in [-0.4, -0.2) is 36.8 Å². The van der Waals surface area contributed by atoms with Crippen molar-refractivity contribution in [3.8, 4) is 0 Å². The standard InChI is InChI=1S/C11H12BrFN2O2S/c12-9-1-3-10(4-2-9)15(11(13)16)18-14-5-7-17-8-6-14/h1-4H,5-8H2. The molecule has 1 saturated heterocycles. The van der Waals surface area contributed by atoms with E-state index < -0.39 is 6.16 Å². The summed E-state index contributed by atoms with van der Waals surface area (Å²) < 4.78 is 22.1. The maximum atomic E-state index is 13.1. The van der Waals surface area contributed by atoms with E-state index in [2.05, 4.69) is 15.9 Å². The number of rotatable bonds is 3. The molecule has 0 aliphatic carbocycles. The highest BCUT2D eigenvalue weighted by atomic mass is 79.9. The van der Waals surface area contributed by atoms with Crippen LogP contribution in [0.2, 0.25) is 0 Å². The number of hydrogen-bond donors (Lipinski definition) is 0. The second-order valence-corrected chi connectivity index (χ2v) is 5.61. The average Bonchev–Trinajstić information content (AvgIpc) is 2.38. The van der Waals surface area contributed by atoms with Gasteiger partial charge in [0.2, 0.25) is 0 Å². The predicted molar refractivity (Wildman–Crippen MR) is 73.1 cm³/mol. The summed E-state index contributed by atoms with van der Waals surface area (Å²) in [5.41, 5.74) is 0.516. The fourth-order valence-electron chi connectivity index (χ4n) is 1.50. The third-order valence-corrected chi connectivity index (χ3v) is 4.03. The Morgan fingerprint density at radius 3 is 2.50 bits per heavy atom. The number of morpholine rings is 1. The highest BCUT2D eigenvalue weighted by Gasteiger charge is 2.21. The van der Waals surface area contributed by atoms with Gasteiger partial charge in [-0.1, -0.05) is 15.9 Å². The Morgan fingerprint density at radius 1 is 1.33 bits per heavy atom. The highest BCUT2D eigenvalue weighted by Crippen LogP contribution is 2.28. The number of halogens is 2. The number of nitrogens with zero attached hydrogens (tertiary/aromatic N) is 2. The number of carbonyl (C=O) groups excluding carboxylic acids is 1. The first-order chi connectivity index (χ1) is 8.66. The van der Waals surface area contributed by atoms with Crippen molar-refractivity contribution in [1.29, 1.82) is 0 Å². The number of amides is 1. The van der Waals surface area contributed by atoms with Gasteiger partial charge in [0, 0.05) is 29.7 Å². The molecule has 0 unspecified atom stereocenters. The Hall–Kier alpha value is -0.630. The third kappa shape index (κ3) is 3.68. The minimum Gasteiger partial charge on any atom is -0.379 e. The molecule has 1 aliphatic heterocycles. The van der Waals surface area contributed by atoms with E-state index in [9.17, 15) is 9.18 Å². The molecule has 7 heteroatoms. The molecule has 1 aromatic rings.